The maximum absolute atomic E-state index is 6.17. The Hall–Kier alpha value is -3.79. The monoisotopic (exact) mass is 502 g/mol. The molecule has 0 amide bonds. The highest BCUT2D eigenvalue weighted by Crippen LogP contribution is 2.38. The summed E-state index contributed by atoms with van der Waals surface area (Å²) in [5.41, 5.74) is 3.27. The molecule has 4 heterocycles. The standard InChI is InChI=1S/C27H34N8O2/c1-7-36-22-12-19(24-33-29-16-34(24)6)9-10-21(22)31-26-28-13-20-11-18(5)30-25(23(20)32-26)35-14-27(15-35,17(3)4)37-8-2/h9-13,16-17H,7-8,14-15H2,1-6H3,(H,28,31,32). The van der Waals surface area contributed by atoms with Crippen molar-refractivity contribution in [1.29, 1.82) is 0 Å². The number of hydrogen-bond acceptors (Lipinski definition) is 9. The Kier molecular flexibility index (Phi) is 6.68. The molecule has 1 aliphatic rings. The van der Waals surface area contributed by atoms with E-state index in [1.165, 1.54) is 0 Å². The molecular weight excluding hydrogens is 468 g/mol. The molecule has 3 aromatic heterocycles. The molecular formula is C27H34N8O2. The minimum Gasteiger partial charge on any atom is -0.492 e. The molecule has 10 heteroatoms. The minimum absolute atomic E-state index is 0.155. The molecule has 1 fully saturated rings. The summed E-state index contributed by atoms with van der Waals surface area (Å²) in [6.07, 6.45) is 3.52. The van der Waals surface area contributed by atoms with E-state index in [1.807, 2.05) is 55.9 Å². The van der Waals surface area contributed by atoms with Crippen LogP contribution in [0.2, 0.25) is 0 Å². The summed E-state index contributed by atoms with van der Waals surface area (Å²) < 4.78 is 14.0. The second-order valence-corrected chi connectivity index (χ2v) is 9.76. The number of pyridine rings is 1. The molecule has 0 atom stereocenters. The average molecular weight is 503 g/mol. The normalized spacial score (nSPS) is 14.7. The Balaban J connectivity index is 1.47. The van der Waals surface area contributed by atoms with Gasteiger partial charge in [0.2, 0.25) is 5.95 Å². The highest BCUT2D eigenvalue weighted by atomic mass is 16.5. The summed E-state index contributed by atoms with van der Waals surface area (Å²) >= 11 is 0. The second kappa shape index (κ2) is 9.93. The number of aryl methyl sites for hydroxylation is 2. The van der Waals surface area contributed by atoms with Crippen molar-refractivity contribution in [2.75, 3.05) is 36.5 Å². The maximum Gasteiger partial charge on any atom is 0.227 e. The van der Waals surface area contributed by atoms with Gasteiger partial charge in [0.15, 0.2) is 11.6 Å². The second-order valence-electron chi connectivity index (χ2n) is 9.76. The zero-order valence-electron chi connectivity index (χ0n) is 22.3. The number of nitrogens with zero attached hydrogens (tertiary/aromatic N) is 7. The minimum atomic E-state index is -0.155. The summed E-state index contributed by atoms with van der Waals surface area (Å²) in [7, 11) is 1.91. The number of anilines is 3. The molecule has 1 N–H and O–H groups in total. The van der Waals surface area contributed by atoms with Crippen LogP contribution in [-0.2, 0) is 11.8 Å². The third kappa shape index (κ3) is 4.69. The summed E-state index contributed by atoms with van der Waals surface area (Å²) in [6.45, 7) is 13.2. The van der Waals surface area contributed by atoms with E-state index in [0.717, 1.165) is 52.6 Å². The van der Waals surface area contributed by atoms with Crippen LogP contribution in [0.25, 0.3) is 22.3 Å². The van der Waals surface area contributed by atoms with E-state index in [-0.39, 0.29) is 5.60 Å². The van der Waals surface area contributed by atoms with Crippen LogP contribution in [0.15, 0.2) is 36.8 Å². The molecule has 5 rings (SSSR count). The van der Waals surface area contributed by atoms with E-state index in [0.29, 0.717) is 30.8 Å². The van der Waals surface area contributed by atoms with Crippen LogP contribution in [0, 0.1) is 12.8 Å². The maximum atomic E-state index is 6.17. The van der Waals surface area contributed by atoms with Gasteiger partial charge in [0.25, 0.3) is 0 Å². The quantitative estimate of drug-likeness (QED) is 0.354. The molecule has 0 bridgehead atoms. The Morgan fingerprint density at radius 1 is 1.11 bits per heavy atom. The van der Waals surface area contributed by atoms with Crippen molar-refractivity contribution < 1.29 is 9.47 Å². The highest BCUT2D eigenvalue weighted by Gasteiger charge is 2.47. The van der Waals surface area contributed by atoms with Crippen molar-refractivity contribution in [3.63, 3.8) is 0 Å². The first-order valence-corrected chi connectivity index (χ1v) is 12.7. The zero-order valence-corrected chi connectivity index (χ0v) is 22.3. The molecule has 0 radical (unpaired) electrons. The van der Waals surface area contributed by atoms with Gasteiger partial charge in [-0.25, -0.2) is 15.0 Å². The fraction of sp³-hybridized carbons (Fsp3) is 0.444. The number of rotatable bonds is 9. The number of fused-ring (bicyclic) bond motifs is 1. The molecule has 0 aliphatic carbocycles. The van der Waals surface area contributed by atoms with Crippen LogP contribution in [-0.4, -0.2) is 61.6 Å². The summed E-state index contributed by atoms with van der Waals surface area (Å²) in [6, 6.07) is 7.89. The molecule has 1 aromatic carbocycles. The summed E-state index contributed by atoms with van der Waals surface area (Å²) in [5.74, 6) is 3.20. The average Bonchev–Trinajstić information content (AvgIpc) is 3.27. The molecule has 4 aromatic rings. The molecule has 1 aliphatic heterocycles. The van der Waals surface area contributed by atoms with Crippen molar-refractivity contribution in [2.24, 2.45) is 13.0 Å². The molecule has 0 unspecified atom stereocenters. The Morgan fingerprint density at radius 2 is 1.92 bits per heavy atom. The van der Waals surface area contributed by atoms with Crippen molar-refractivity contribution in [1.82, 2.24) is 29.7 Å². The Labute approximate surface area is 217 Å². The van der Waals surface area contributed by atoms with Gasteiger partial charge in [0, 0.05) is 36.5 Å². The third-order valence-corrected chi connectivity index (χ3v) is 6.87. The Bertz CT molecular complexity index is 1410. The predicted octanol–water partition coefficient (Wildman–Crippen LogP) is 4.52. The molecule has 194 valence electrons. The van der Waals surface area contributed by atoms with E-state index in [9.17, 15) is 0 Å². The van der Waals surface area contributed by atoms with Gasteiger partial charge < -0.3 is 24.3 Å². The van der Waals surface area contributed by atoms with Crippen molar-refractivity contribution in [3.05, 3.63) is 42.5 Å². The lowest BCUT2D eigenvalue weighted by atomic mass is 9.82. The molecule has 10 nitrogen and oxygen atoms in total. The van der Waals surface area contributed by atoms with Crippen molar-refractivity contribution >= 4 is 28.4 Å². The van der Waals surface area contributed by atoms with Crippen LogP contribution in [0.4, 0.5) is 17.5 Å². The van der Waals surface area contributed by atoms with Gasteiger partial charge in [0.1, 0.15) is 23.2 Å². The lowest BCUT2D eigenvalue weighted by Gasteiger charge is -2.52. The van der Waals surface area contributed by atoms with Gasteiger partial charge in [-0.2, -0.15) is 0 Å². The van der Waals surface area contributed by atoms with E-state index in [1.54, 1.807) is 6.33 Å². The van der Waals surface area contributed by atoms with Gasteiger partial charge in [-0.1, -0.05) is 13.8 Å². The zero-order chi connectivity index (χ0) is 26.2. The fourth-order valence-corrected chi connectivity index (χ4v) is 4.80. The fourth-order valence-electron chi connectivity index (χ4n) is 4.80. The first-order valence-electron chi connectivity index (χ1n) is 12.7. The Morgan fingerprint density at radius 3 is 2.59 bits per heavy atom. The molecule has 0 saturated carbocycles. The SMILES string of the molecule is CCOc1cc(-c2nncn2C)ccc1Nc1ncc2cc(C)nc(N3CC(OCC)(C(C)C)C3)c2n1. The van der Waals surface area contributed by atoms with E-state index in [2.05, 4.69) is 46.2 Å². The van der Waals surface area contributed by atoms with Crippen LogP contribution in [0.1, 0.15) is 33.4 Å². The van der Waals surface area contributed by atoms with Crippen LogP contribution >= 0.6 is 0 Å². The van der Waals surface area contributed by atoms with Crippen molar-refractivity contribution in [3.8, 4) is 17.1 Å². The largest absolute Gasteiger partial charge is 0.492 e. The predicted molar refractivity (Wildman–Crippen MR) is 144 cm³/mol. The molecule has 1 saturated heterocycles. The number of ether oxygens (including phenoxy) is 2. The third-order valence-electron chi connectivity index (χ3n) is 6.87. The van der Waals surface area contributed by atoms with Crippen molar-refractivity contribution in [2.45, 2.75) is 40.2 Å². The number of aromatic nitrogens is 6. The lowest BCUT2D eigenvalue weighted by molar-refractivity contribution is -0.0916. The van der Waals surface area contributed by atoms with Gasteiger partial charge in [-0.15, -0.1) is 10.2 Å². The lowest BCUT2D eigenvalue weighted by Crippen LogP contribution is -2.66. The number of nitrogens with one attached hydrogen (secondary N) is 1. The van der Waals surface area contributed by atoms with Crippen LogP contribution < -0.4 is 15.0 Å². The highest BCUT2D eigenvalue weighted by molar-refractivity contribution is 5.90. The molecule has 37 heavy (non-hydrogen) atoms. The van der Waals surface area contributed by atoms with E-state index in [4.69, 9.17) is 19.4 Å². The molecule has 0 spiro atoms. The van der Waals surface area contributed by atoms with E-state index >= 15 is 0 Å². The van der Waals surface area contributed by atoms with Gasteiger partial charge in [0.05, 0.1) is 25.4 Å². The summed E-state index contributed by atoms with van der Waals surface area (Å²) in [5, 5.41) is 12.5. The van der Waals surface area contributed by atoms with Gasteiger partial charge in [-0.05, 0) is 51.0 Å². The van der Waals surface area contributed by atoms with Crippen LogP contribution in [0.3, 0.4) is 0 Å². The first-order chi connectivity index (χ1) is 17.8. The summed E-state index contributed by atoms with van der Waals surface area (Å²) in [4.78, 5) is 16.6. The number of benzene rings is 1. The smallest absolute Gasteiger partial charge is 0.227 e. The van der Waals surface area contributed by atoms with Crippen LogP contribution in [0.5, 0.6) is 5.75 Å². The first kappa shape index (κ1) is 24.9. The topological polar surface area (TPSA) is 103 Å². The van der Waals surface area contributed by atoms with Gasteiger partial charge in [-0.3, -0.25) is 0 Å². The number of hydrogen-bond donors (Lipinski definition) is 1. The van der Waals surface area contributed by atoms with Gasteiger partial charge >= 0.3 is 0 Å². The van der Waals surface area contributed by atoms with E-state index < -0.39 is 0 Å².